The first-order chi connectivity index (χ1) is 10.3. The molecule has 1 heterocycles. The molecular formula is C17H18N2O2. The number of hydrogen-bond donors (Lipinski definition) is 1. The molecule has 0 amide bonds. The number of benzene rings is 2. The Morgan fingerprint density at radius 3 is 2.86 bits per heavy atom. The summed E-state index contributed by atoms with van der Waals surface area (Å²) in [5, 5.41) is 3.31. The first kappa shape index (κ1) is 13.6. The molecule has 2 aromatic carbocycles. The first-order valence-corrected chi connectivity index (χ1v) is 7.05. The zero-order valence-corrected chi connectivity index (χ0v) is 12.2. The van der Waals surface area contributed by atoms with Crippen LogP contribution < -0.4 is 10.1 Å². The number of ether oxygens (including phenoxy) is 1. The molecule has 0 saturated heterocycles. The van der Waals surface area contributed by atoms with Crippen molar-refractivity contribution in [3.63, 3.8) is 0 Å². The molecule has 3 aromatic rings. The van der Waals surface area contributed by atoms with Crippen molar-refractivity contribution in [2.75, 3.05) is 13.7 Å². The lowest BCUT2D eigenvalue weighted by Gasteiger charge is -2.03. The zero-order chi connectivity index (χ0) is 14.7. The second-order valence-corrected chi connectivity index (χ2v) is 4.80. The molecule has 0 radical (unpaired) electrons. The van der Waals surface area contributed by atoms with Crippen LogP contribution in [0.2, 0.25) is 0 Å². The second-order valence-electron chi connectivity index (χ2n) is 4.80. The van der Waals surface area contributed by atoms with Crippen molar-refractivity contribution < 1.29 is 9.15 Å². The largest absolute Gasteiger partial charge is 0.496 e. The number of aromatic nitrogens is 1. The average Bonchev–Trinajstić information content (AvgIpc) is 2.95. The third kappa shape index (κ3) is 2.76. The molecule has 0 spiro atoms. The van der Waals surface area contributed by atoms with Gasteiger partial charge in [-0.3, -0.25) is 0 Å². The predicted octanol–water partition coefficient (Wildman–Crippen LogP) is 3.61. The van der Waals surface area contributed by atoms with Crippen LogP contribution in [0.5, 0.6) is 5.75 Å². The monoisotopic (exact) mass is 282 g/mol. The number of fused-ring (bicyclic) bond motifs is 1. The van der Waals surface area contributed by atoms with Gasteiger partial charge in [0.1, 0.15) is 11.3 Å². The summed E-state index contributed by atoms with van der Waals surface area (Å²) in [7, 11) is 1.65. The maximum Gasteiger partial charge on any atom is 0.231 e. The molecule has 1 aromatic heterocycles. The quantitative estimate of drug-likeness (QED) is 0.776. The number of para-hydroxylation sites is 1. The minimum absolute atomic E-state index is 0.586. The summed E-state index contributed by atoms with van der Waals surface area (Å²) in [6.07, 6.45) is 0. The van der Waals surface area contributed by atoms with E-state index in [-0.39, 0.29) is 0 Å². The molecule has 3 rings (SSSR count). The van der Waals surface area contributed by atoms with Gasteiger partial charge in [-0.05, 0) is 36.4 Å². The summed E-state index contributed by atoms with van der Waals surface area (Å²) in [5.74, 6) is 1.35. The van der Waals surface area contributed by atoms with Crippen molar-refractivity contribution in [1.82, 2.24) is 10.3 Å². The van der Waals surface area contributed by atoms with Gasteiger partial charge in [0.25, 0.3) is 0 Å². The molecule has 0 aliphatic heterocycles. The Morgan fingerprint density at radius 2 is 2.05 bits per heavy atom. The summed E-state index contributed by atoms with van der Waals surface area (Å²) < 4.78 is 11.2. The fraction of sp³-hybridized carbons (Fsp3) is 0.235. The van der Waals surface area contributed by atoms with Gasteiger partial charge in [0.05, 0.1) is 12.7 Å². The normalized spacial score (nSPS) is 11.0. The van der Waals surface area contributed by atoms with Gasteiger partial charge in [0.2, 0.25) is 5.89 Å². The van der Waals surface area contributed by atoms with E-state index in [1.54, 1.807) is 7.11 Å². The number of nitrogens with zero attached hydrogens (tertiary/aromatic N) is 1. The predicted molar refractivity (Wildman–Crippen MR) is 83.4 cm³/mol. The van der Waals surface area contributed by atoms with E-state index in [0.717, 1.165) is 35.5 Å². The maximum absolute atomic E-state index is 5.84. The van der Waals surface area contributed by atoms with Crippen LogP contribution in [0, 0.1) is 0 Å². The van der Waals surface area contributed by atoms with Gasteiger partial charge in [-0.15, -0.1) is 0 Å². The Kier molecular flexibility index (Phi) is 3.88. The molecule has 0 bridgehead atoms. The summed E-state index contributed by atoms with van der Waals surface area (Å²) in [4.78, 5) is 4.59. The third-order valence-corrected chi connectivity index (χ3v) is 3.37. The Bertz CT molecular complexity index is 749. The van der Waals surface area contributed by atoms with Gasteiger partial charge in [-0.25, -0.2) is 4.98 Å². The molecule has 0 saturated carbocycles. The molecule has 1 N–H and O–H groups in total. The van der Waals surface area contributed by atoms with Crippen LogP contribution in [0.25, 0.3) is 22.6 Å². The second kappa shape index (κ2) is 5.97. The molecule has 0 atom stereocenters. The van der Waals surface area contributed by atoms with Crippen molar-refractivity contribution in [1.29, 1.82) is 0 Å². The van der Waals surface area contributed by atoms with Gasteiger partial charge in [-0.2, -0.15) is 0 Å². The van der Waals surface area contributed by atoms with Crippen molar-refractivity contribution in [2.24, 2.45) is 0 Å². The summed E-state index contributed by atoms with van der Waals surface area (Å²) in [6.45, 7) is 3.88. The molecule has 0 aliphatic rings. The highest BCUT2D eigenvalue weighted by Crippen LogP contribution is 2.31. The first-order valence-electron chi connectivity index (χ1n) is 7.05. The fourth-order valence-electron chi connectivity index (χ4n) is 2.29. The van der Waals surface area contributed by atoms with E-state index in [1.807, 2.05) is 30.3 Å². The van der Waals surface area contributed by atoms with Crippen LogP contribution in [0.3, 0.4) is 0 Å². The Hall–Kier alpha value is -2.33. The number of methoxy groups -OCH3 is 1. The third-order valence-electron chi connectivity index (χ3n) is 3.37. The topological polar surface area (TPSA) is 47.3 Å². The van der Waals surface area contributed by atoms with Crippen LogP contribution in [-0.2, 0) is 6.54 Å². The molecule has 0 fully saturated rings. The zero-order valence-electron chi connectivity index (χ0n) is 12.2. The standard InChI is InChI=1S/C17H18N2O2/c1-3-18-11-12-8-9-16-14(10-12)19-17(21-16)13-6-4-5-7-15(13)20-2/h4-10,18H,3,11H2,1-2H3. The van der Waals surface area contributed by atoms with E-state index in [1.165, 1.54) is 5.56 Å². The van der Waals surface area contributed by atoms with Gasteiger partial charge in [0.15, 0.2) is 5.58 Å². The highest BCUT2D eigenvalue weighted by atomic mass is 16.5. The summed E-state index contributed by atoms with van der Waals surface area (Å²) >= 11 is 0. The lowest BCUT2D eigenvalue weighted by Crippen LogP contribution is -2.11. The highest BCUT2D eigenvalue weighted by Gasteiger charge is 2.12. The number of hydrogen-bond acceptors (Lipinski definition) is 4. The van der Waals surface area contributed by atoms with Crippen LogP contribution in [-0.4, -0.2) is 18.6 Å². The smallest absolute Gasteiger partial charge is 0.231 e. The van der Waals surface area contributed by atoms with Gasteiger partial charge < -0.3 is 14.5 Å². The van der Waals surface area contributed by atoms with Crippen molar-refractivity contribution in [2.45, 2.75) is 13.5 Å². The lowest BCUT2D eigenvalue weighted by atomic mass is 10.2. The summed E-state index contributed by atoms with van der Waals surface area (Å²) in [6, 6.07) is 13.8. The Labute approximate surface area is 123 Å². The minimum Gasteiger partial charge on any atom is -0.496 e. The number of nitrogens with one attached hydrogen (secondary N) is 1. The molecule has 4 nitrogen and oxygen atoms in total. The van der Waals surface area contributed by atoms with Crippen molar-refractivity contribution >= 4 is 11.1 Å². The molecular weight excluding hydrogens is 264 g/mol. The molecule has 21 heavy (non-hydrogen) atoms. The lowest BCUT2D eigenvalue weighted by molar-refractivity contribution is 0.414. The van der Waals surface area contributed by atoms with E-state index in [4.69, 9.17) is 9.15 Å². The molecule has 0 aliphatic carbocycles. The number of rotatable bonds is 5. The Balaban J connectivity index is 2.00. The van der Waals surface area contributed by atoms with Crippen molar-refractivity contribution in [3.05, 3.63) is 48.0 Å². The van der Waals surface area contributed by atoms with Gasteiger partial charge in [0, 0.05) is 6.54 Å². The van der Waals surface area contributed by atoms with Gasteiger partial charge in [-0.1, -0.05) is 25.1 Å². The Morgan fingerprint density at radius 1 is 1.19 bits per heavy atom. The van der Waals surface area contributed by atoms with Crippen LogP contribution in [0.15, 0.2) is 46.9 Å². The van der Waals surface area contributed by atoms with Crippen LogP contribution in [0.4, 0.5) is 0 Å². The summed E-state index contributed by atoms with van der Waals surface area (Å²) in [5.41, 5.74) is 3.72. The maximum atomic E-state index is 5.84. The number of oxazole rings is 1. The average molecular weight is 282 g/mol. The van der Waals surface area contributed by atoms with E-state index in [0.29, 0.717) is 5.89 Å². The van der Waals surface area contributed by atoms with E-state index in [2.05, 4.69) is 29.4 Å². The van der Waals surface area contributed by atoms with Crippen LogP contribution in [0.1, 0.15) is 12.5 Å². The van der Waals surface area contributed by atoms with E-state index in [9.17, 15) is 0 Å². The van der Waals surface area contributed by atoms with E-state index < -0.39 is 0 Å². The van der Waals surface area contributed by atoms with Crippen LogP contribution >= 0.6 is 0 Å². The minimum atomic E-state index is 0.586. The van der Waals surface area contributed by atoms with Crippen molar-refractivity contribution in [3.8, 4) is 17.2 Å². The molecule has 4 heteroatoms. The van der Waals surface area contributed by atoms with E-state index >= 15 is 0 Å². The fourth-order valence-corrected chi connectivity index (χ4v) is 2.29. The SMILES string of the molecule is CCNCc1ccc2oc(-c3ccccc3OC)nc2c1. The highest BCUT2D eigenvalue weighted by molar-refractivity contribution is 5.78. The van der Waals surface area contributed by atoms with Gasteiger partial charge >= 0.3 is 0 Å². The molecule has 0 unspecified atom stereocenters. The molecule has 108 valence electrons.